The fraction of sp³-hybridized carbons (Fsp3) is 0.214. The minimum atomic E-state index is 0.735. The summed E-state index contributed by atoms with van der Waals surface area (Å²) in [6.45, 7) is 5.66. The van der Waals surface area contributed by atoms with E-state index in [-0.39, 0.29) is 0 Å². The van der Waals surface area contributed by atoms with Gasteiger partial charge in [-0.05, 0) is 85.6 Å². The Hall–Kier alpha value is -3.62. The van der Waals surface area contributed by atoms with E-state index in [1.807, 2.05) is 72.8 Å². The summed E-state index contributed by atoms with van der Waals surface area (Å²) in [4.78, 5) is 0. The van der Waals surface area contributed by atoms with Gasteiger partial charge in [-0.15, -0.1) is 0 Å². The molecule has 3 rings (SSSR count). The Morgan fingerprint density at radius 1 is 0.467 bits per heavy atom. The first-order chi connectivity index (χ1) is 14.8. The van der Waals surface area contributed by atoms with E-state index >= 15 is 0 Å². The summed E-state index contributed by atoms with van der Waals surface area (Å²) >= 11 is 0. The Bertz CT molecular complexity index is 950. The summed E-state index contributed by atoms with van der Waals surface area (Å²) in [7, 11) is 0. The Kier molecular flexibility index (Phi) is 8.02. The van der Waals surface area contributed by atoms with Crippen LogP contribution >= 0.6 is 0 Å². The van der Waals surface area contributed by atoms with Gasteiger partial charge in [-0.3, -0.25) is 0 Å². The molecule has 2 heteroatoms. The van der Waals surface area contributed by atoms with Gasteiger partial charge in [-0.25, -0.2) is 0 Å². The van der Waals surface area contributed by atoms with Crippen molar-refractivity contribution >= 4 is 0 Å². The lowest BCUT2D eigenvalue weighted by Crippen LogP contribution is -1.94. The Balaban J connectivity index is 1.59. The molecule has 0 saturated carbocycles. The monoisotopic (exact) mass is 394 g/mol. The average molecular weight is 395 g/mol. The second-order valence-electron chi connectivity index (χ2n) is 6.82. The molecule has 30 heavy (non-hydrogen) atoms. The Labute approximate surface area is 179 Å². The van der Waals surface area contributed by atoms with Gasteiger partial charge in [0.05, 0.1) is 13.2 Å². The molecule has 0 bridgehead atoms. The normalized spacial score (nSPS) is 9.67. The van der Waals surface area contributed by atoms with Gasteiger partial charge < -0.3 is 9.47 Å². The molecule has 0 aliphatic rings. The number of rotatable bonds is 6. The van der Waals surface area contributed by atoms with Gasteiger partial charge in [-0.2, -0.15) is 0 Å². The summed E-state index contributed by atoms with van der Waals surface area (Å²) in [5.74, 6) is 14.5. The third-order valence-corrected chi connectivity index (χ3v) is 4.24. The van der Waals surface area contributed by atoms with Crippen LogP contribution in [0.2, 0.25) is 0 Å². The first-order valence-electron chi connectivity index (χ1n) is 10.4. The molecule has 2 nitrogen and oxygen atoms in total. The van der Waals surface area contributed by atoms with Gasteiger partial charge >= 0.3 is 0 Å². The predicted molar refractivity (Wildman–Crippen MR) is 123 cm³/mol. The fourth-order valence-electron chi connectivity index (χ4n) is 2.63. The van der Waals surface area contributed by atoms with Gasteiger partial charge in [-0.1, -0.05) is 37.5 Å². The standard InChI is InChI=1S/C28H26O2/c1-3-21-29-27-17-13-25(14-18-27)11-9-23-5-7-24(8-6-23)10-12-26-15-19-28(20-16-26)30-22-4-2/h5-8,13-20H,3-4,21-22H2,1-2H3. The van der Waals surface area contributed by atoms with Crippen LogP contribution in [0.3, 0.4) is 0 Å². The van der Waals surface area contributed by atoms with E-state index in [0.29, 0.717) is 0 Å². The van der Waals surface area contributed by atoms with E-state index in [2.05, 4.69) is 37.5 Å². The van der Waals surface area contributed by atoms with Crippen molar-refractivity contribution < 1.29 is 9.47 Å². The molecule has 0 unspecified atom stereocenters. The molecule has 0 atom stereocenters. The first kappa shape index (κ1) is 21.1. The van der Waals surface area contributed by atoms with Gasteiger partial charge in [0.25, 0.3) is 0 Å². The number of benzene rings is 3. The minimum Gasteiger partial charge on any atom is -0.494 e. The molecule has 0 saturated heterocycles. The highest BCUT2D eigenvalue weighted by Gasteiger charge is 1.94. The van der Waals surface area contributed by atoms with E-state index in [0.717, 1.165) is 59.8 Å². The number of hydrogen-bond donors (Lipinski definition) is 0. The van der Waals surface area contributed by atoms with Crippen LogP contribution in [0.15, 0.2) is 72.8 Å². The molecular formula is C28H26O2. The zero-order chi connectivity index (χ0) is 21.0. The summed E-state index contributed by atoms with van der Waals surface area (Å²) in [5, 5.41) is 0. The summed E-state index contributed by atoms with van der Waals surface area (Å²) < 4.78 is 11.2. The van der Waals surface area contributed by atoms with Crippen molar-refractivity contribution in [2.24, 2.45) is 0 Å². The Morgan fingerprint density at radius 3 is 1.00 bits per heavy atom. The maximum Gasteiger partial charge on any atom is 0.119 e. The highest BCUT2D eigenvalue weighted by molar-refractivity contribution is 5.48. The molecule has 150 valence electrons. The van der Waals surface area contributed by atoms with Gasteiger partial charge in [0.1, 0.15) is 11.5 Å². The molecule has 0 aliphatic carbocycles. The smallest absolute Gasteiger partial charge is 0.119 e. The first-order valence-corrected chi connectivity index (χ1v) is 10.4. The molecule has 0 amide bonds. The molecule has 3 aromatic carbocycles. The van der Waals surface area contributed by atoms with E-state index in [1.54, 1.807) is 0 Å². The SMILES string of the molecule is CCCOc1ccc(C#Cc2ccc(C#Cc3ccc(OCCC)cc3)cc2)cc1. The number of hydrogen-bond acceptors (Lipinski definition) is 2. The second kappa shape index (κ2) is 11.4. The van der Waals surface area contributed by atoms with Gasteiger partial charge in [0.15, 0.2) is 0 Å². The molecule has 0 fully saturated rings. The summed E-state index contributed by atoms with van der Waals surface area (Å²) in [5.41, 5.74) is 3.86. The zero-order valence-electron chi connectivity index (χ0n) is 17.6. The van der Waals surface area contributed by atoms with Crippen LogP contribution in [-0.2, 0) is 0 Å². The molecule has 3 aromatic rings. The topological polar surface area (TPSA) is 18.5 Å². The predicted octanol–water partition coefficient (Wildman–Crippen LogP) is 6.06. The van der Waals surface area contributed by atoms with Crippen molar-refractivity contribution in [2.75, 3.05) is 13.2 Å². The molecule has 0 N–H and O–H groups in total. The lowest BCUT2D eigenvalue weighted by atomic mass is 10.1. The van der Waals surface area contributed by atoms with Crippen LogP contribution in [0.5, 0.6) is 11.5 Å². The zero-order valence-corrected chi connectivity index (χ0v) is 17.6. The lowest BCUT2D eigenvalue weighted by Gasteiger charge is -2.03. The quantitative estimate of drug-likeness (QED) is 0.473. The van der Waals surface area contributed by atoms with Crippen molar-refractivity contribution in [1.82, 2.24) is 0 Å². The highest BCUT2D eigenvalue weighted by Crippen LogP contribution is 2.13. The largest absolute Gasteiger partial charge is 0.494 e. The molecular weight excluding hydrogens is 368 g/mol. The molecule has 0 spiro atoms. The molecule has 0 aliphatic heterocycles. The average Bonchev–Trinajstić information content (AvgIpc) is 2.80. The fourth-order valence-corrected chi connectivity index (χ4v) is 2.63. The summed E-state index contributed by atoms with van der Waals surface area (Å²) in [6.07, 6.45) is 2.00. The van der Waals surface area contributed by atoms with Crippen molar-refractivity contribution in [3.05, 3.63) is 95.1 Å². The molecule has 0 radical (unpaired) electrons. The van der Waals surface area contributed by atoms with Crippen LogP contribution < -0.4 is 9.47 Å². The number of ether oxygens (including phenoxy) is 2. The molecule has 0 aromatic heterocycles. The van der Waals surface area contributed by atoms with Crippen LogP contribution in [0.4, 0.5) is 0 Å². The minimum absolute atomic E-state index is 0.735. The van der Waals surface area contributed by atoms with E-state index in [4.69, 9.17) is 9.47 Å². The van der Waals surface area contributed by atoms with Gasteiger partial charge in [0, 0.05) is 22.3 Å². The van der Waals surface area contributed by atoms with Crippen LogP contribution in [-0.4, -0.2) is 13.2 Å². The van der Waals surface area contributed by atoms with Crippen molar-refractivity contribution in [3.63, 3.8) is 0 Å². The molecule has 0 heterocycles. The lowest BCUT2D eigenvalue weighted by molar-refractivity contribution is 0.317. The second-order valence-corrected chi connectivity index (χ2v) is 6.82. The van der Waals surface area contributed by atoms with Gasteiger partial charge in [0.2, 0.25) is 0 Å². The van der Waals surface area contributed by atoms with E-state index in [1.165, 1.54) is 0 Å². The van der Waals surface area contributed by atoms with E-state index < -0.39 is 0 Å². The summed E-state index contributed by atoms with van der Waals surface area (Å²) in [6, 6.07) is 23.8. The third-order valence-electron chi connectivity index (χ3n) is 4.24. The van der Waals surface area contributed by atoms with E-state index in [9.17, 15) is 0 Å². The van der Waals surface area contributed by atoms with Crippen LogP contribution in [0.25, 0.3) is 0 Å². The maximum atomic E-state index is 5.60. The van der Waals surface area contributed by atoms with Crippen LogP contribution in [0.1, 0.15) is 48.9 Å². The Morgan fingerprint density at radius 2 is 0.733 bits per heavy atom. The third kappa shape index (κ3) is 6.77. The maximum absolute atomic E-state index is 5.60. The highest BCUT2D eigenvalue weighted by atomic mass is 16.5. The van der Waals surface area contributed by atoms with Crippen molar-refractivity contribution in [2.45, 2.75) is 26.7 Å². The van der Waals surface area contributed by atoms with Crippen molar-refractivity contribution in [3.8, 4) is 35.2 Å². The van der Waals surface area contributed by atoms with Crippen molar-refractivity contribution in [1.29, 1.82) is 0 Å². The van der Waals surface area contributed by atoms with Crippen LogP contribution in [0, 0.1) is 23.7 Å².